The highest BCUT2D eigenvalue weighted by atomic mass is 19.4. The molecule has 0 radical (unpaired) electrons. The van der Waals surface area contributed by atoms with Gasteiger partial charge in [0.05, 0.1) is 22.3 Å². The number of halogens is 12. The molecule has 8 aromatic carbocycles. The number of alkyl halides is 12. The van der Waals surface area contributed by atoms with Crippen molar-refractivity contribution in [2.45, 2.75) is 30.6 Å². The molecular weight excluding hydrogens is 1140 g/mol. The minimum atomic E-state index is -4.67. The SMILES string of the molecule is FC(F)(F)c1cccc(-c2nnc(-c3ccc(C(c4ccc(-c5nnc(-c6cccc(C(F)(F)F)c6)o5)cc4)c4ccc(-c5nnc(-c6cccc(C(F)(F)F)c6)o5)cc4-c4cccc(-c5nnc(-c6cccc(C(F)(F)F)c6)o5)c4)cc3)o2)c1. The minimum absolute atomic E-state index is 0.00559. The Morgan fingerprint density at radius 2 is 0.494 bits per heavy atom. The number of nitrogens with zero attached hydrogens (tertiary/aromatic N) is 8. The summed E-state index contributed by atoms with van der Waals surface area (Å²) in [5, 5.41) is 32.7. The molecule has 0 spiro atoms. The first-order chi connectivity index (χ1) is 40.6. The van der Waals surface area contributed by atoms with E-state index >= 15 is 0 Å². The Hall–Kier alpha value is -10.5. The van der Waals surface area contributed by atoms with Crippen LogP contribution in [-0.4, -0.2) is 40.8 Å². The maximum atomic E-state index is 13.8. The zero-order valence-corrected chi connectivity index (χ0v) is 42.7. The molecule has 0 saturated heterocycles. The molecule has 0 unspecified atom stereocenters. The molecule has 0 N–H and O–H groups in total. The van der Waals surface area contributed by atoms with Crippen LogP contribution in [-0.2, 0) is 24.7 Å². The average Bonchev–Trinajstić information content (AvgIpc) is 4.53. The molecule has 0 fully saturated rings. The minimum Gasteiger partial charge on any atom is -0.416 e. The van der Waals surface area contributed by atoms with Crippen LogP contribution in [0.2, 0.25) is 0 Å². The van der Waals surface area contributed by atoms with E-state index in [1.54, 1.807) is 91.0 Å². The van der Waals surface area contributed by atoms with Gasteiger partial charge in [0.15, 0.2) is 0 Å². The van der Waals surface area contributed by atoms with E-state index in [9.17, 15) is 52.7 Å². The van der Waals surface area contributed by atoms with Crippen molar-refractivity contribution in [3.63, 3.8) is 0 Å². The number of benzene rings is 8. The summed E-state index contributed by atoms with van der Waals surface area (Å²) < 4.78 is 188. The predicted molar refractivity (Wildman–Crippen MR) is 281 cm³/mol. The topological polar surface area (TPSA) is 156 Å². The van der Waals surface area contributed by atoms with Gasteiger partial charge in [0.1, 0.15) is 0 Å². The Labute approximate surface area is 470 Å². The molecule has 424 valence electrons. The molecular formula is C61H32F12N8O4. The zero-order chi connectivity index (χ0) is 59.4. The molecule has 0 amide bonds. The fourth-order valence-electron chi connectivity index (χ4n) is 9.34. The molecule has 0 aliphatic carbocycles. The Balaban J connectivity index is 0.975. The average molecular weight is 1170 g/mol. The Bertz CT molecular complexity index is 4270. The van der Waals surface area contributed by atoms with Crippen LogP contribution in [0.1, 0.15) is 44.9 Å². The lowest BCUT2D eigenvalue weighted by atomic mass is 9.80. The second-order valence-corrected chi connectivity index (χ2v) is 19.0. The molecule has 24 heteroatoms. The lowest BCUT2D eigenvalue weighted by Gasteiger charge is -2.23. The van der Waals surface area contributed by atoms with Crippen molar-refractivity contribution >= 4 is 0 Å². The third kappa shape index (κ3) is 11.5. The van der Waals surface area contributed by atoms with Crippen molar-refractivity contribution in [1.82, 2.24) is 40.8 Å². The zero-order valence-electron chi connectivity index (χ0n) is 42.7. The van der Waals surface area contributed by atoms with E-state index in [1.807, 2.05) is 0 Å². The van der Waals surface area contributed by atoms with Crippen molar-refractivity contribution in [3.8, 4) is 103 Å². The lowest BCUT2D eigenvalue weighted by Crippen LogP contribution is -2.06. The molecule has 0 aliphatic heterocycles. The molecule has 4 heterocycles. The van der Waals surface area contributed by atoms with Gasteiger partial charge in [-0.25, -0.2) is 0 Å². The summed E-state index contributed by atoms with van der Waals surface area (Å²) in [4.78, 5) is 0. The van der Waals surface area contributed by atoms with Gasteiger partial charge in [-0.3, -0.25) is 0 Å². The van der Waals surface area contributed by atoms with Gasteiger partial charge in [-0.2, -0.15) is 52.7 Å². The van der Waals surface area contributed by atoms with Crippen LogP contribution in [0.15, 0.2) is 206 Å². The van der Waals surface area contributed by atoms with Gasteiger partial charge < -0.3 is 17.7 Å². The van der Waals surface area contributed by atoms with Crippen molar-refractivity contribution in [2.75, 3.05) is 0 Å². The summed E-state index contributed by atoms with van der Waals surface area (Å²) in [5.41, 5.74) is 0.576. The normalized spacial score (nSPS) is 12.3. The molecule has 0 saturated carbocycles. The van der Waals surface area contributed by atoms with Crippen molar-refractivity contribution < 1.29 is 70.4 Å². The van der Waals surface area contributed by atoms with Crippen LogP contribution in [0.5, 0.6) is 0 Å². The monoisotopic (exact) mass is 1170 g/mol. The first-order valence-electron chi connectivity index (χ1n) is 25.1. The van der Waals surface area contributed by atoms with E-state index in [4.69, 9.17) is 17.7 Å². The highest BCUT2D eigenvalue weighted by Crippen LogP contribution is 2.44. The molecule has 4 aromatic heterocycles. The summed E-state index contributed by atoms with van der Waals surface area (Å²) in [6.07, 6.45) is -18.6. The van der Waals surface area contributed by atoms with Gasteiger partial charge in [0.25, 0.3) is 0 Å². The first kappa shape index (κ1) is 55.0. The third-order valence-electron chi connectivity index (χ3n) is 13.5. The molecule has 12 rings (SSSR count). The Kier molecular flexibility index (Phi) is 13.8. The predicted octanol–water partition coefficient (Wildman–Crippen LogP) is 17.5. The van der Waals surface area contributed by atoms with Gasteiger partial charge in [-0.05, 0) is 149 Å². The largest absolute Gasteiger partial charge is 0.416 e. The van der Waals surface area contributed by atoms with Crippen LogP contribution >= 0.6 is 0 Å². The summed E-state index contributed by atoms with van der Waals surface area (Å²) in [6.45, 7) is 0. The molecule has 12 nitrogen and oxygen atoms in total. The van der Waals surface area contributed by atoms with Crippen LogP contribution in [0, 0.1) is 0 Å². The van der Waals surface area contributed by atoms with E-state index in [-0.39, 0.29) is 69.4 Å². The summed E-state index contributed by atoms with van der Waals surface area (Å²) in [5.74, 6) is -1.70. The standard InChI is InChI=1S/C61H32F12N8O4/c62-58(63,64)43-12-2-8-38(27-43)53-77-74-50(82-53)34-20-16-32(17-21-34)49(33-18-22-35(23-19-33)51-75-78-54(83-51)39-9-3-13-44(28-39)59(65,66)67)47-25-24-42(57-81-80-56(85-57)41-11-5-15-46(30-41)61(71,72)73)31-48(47)36-6-1-7-37(26-36)52-76-79-55(84-52)40-10-4-14-45(29-40)60(68,69)70/h1-31,49H. The first-order valence-corrected chi connectivity index (χ1v) is 25.1. The van der Waals surface area contributed by atoms with Crippen molar-refractivity contribution in [1.29, 1.82) is 0 Å². The van der Waals surface area contributed by atoms with Crippen molar-refractivity contribution in [2.24, 2.45) is 0 Å². The molecule has 0 aliphatic rings. The Morgan fingerprint density at radius 1 is 0.247 bits per heavy atom. The summed E-state index contributed by atoms with van der Waals surface area (Å²) in [6, 6.07) is 43.0. The quantitative estimate of drug-likeness (QED) is 0.0844. The van der Waals surface area contributed by atoms with Crippen molar-refractivity contribution in [3.05, 3.63) is 227 Å². The highest BCUT2D eigenvalue weighted by molar-refractivity contribution is 5.79. The maximum absolute atomic E-state index is 13.8. The summed E-state index contributed by atoms with van der Waals surface area (Å²) >= 11 is 0. The van der Waals surface area contributed by atoms with Gasteiger partial charge >= 0.3 is 24.7 Å². The van der Waals surface area contributed by atoms with E-state index in [0.29, 0.717) is 50.1 Å². The molecule has 0 bridgehead atoms. The van der Waals surface area contributed by atoms with Crippen LogP contribution < -0.4 is 0 Å². The van der Waals surface area contributed by atoms with E-state index in [0.717, 1.165) is 48.5 Å². The van der Waals surface area contributed by atoms with Gasteiger partial charge in [-0.15, -0.1) is 40.8 Å². The number of aromatic nitrogens is 8. The highest BCUT2D eigenvalue weighted by Gasteiger charge is 2.34. The van der Waals surface area contributed by atoms with Crippen LogP contribution in [0.4, 0.5) is 52.7 Å². The van der Waals surface area contributed by atoms with Gasteiger partial charge in [-0.1, -0.05) is 66.7 Å². The van der Waals surface area contributed by atoms with E-state index < -0.39 is 52.9 Å². The number of rotatable bonds is 12. The summed E-state index contributed by atoms with van der Waals surface area (Å²) in [7, 11) is 0. The second-order valence-electron chi connectivity index (χ2n) is 19.0. The Morgan fingerprint density at radius 3 is 0.800 bits per heavy atom. The smallest absolute Gasteiger partial charge is 0.416 e. The fraction of sp³-hybridized carbons (Fsp3) is 0.0820. The number of hydrogen-bond acceptors (Lipinski definition) is 12. The maximum Gasteiger partial charge on any atom is 0.416 e. The fourth-order valence-corrected chi connectivity index (χ4v) is 9.34. The van der Waals surface area contributed by atoms with E-state index in [2.05, 4.69) is 40.8 Å². The lowest BCUT2D eigenvalue weighted by molar-refractivity contribution is -0.138. The van der Waals surface area contributed by atoms with Crippen LogP contribution in [0.3, 0.4) is 0 Å². The van der Waals surface area contributed by atoms with E-state index in [1.165, 1.54) is 48.5 Å². The number of hydrogen-bond donors (Lipinski definition) is 0. The molecule has 0 atom stereocenters. The molecule has 85 heavy (non-hydrogen) atoms. The molecule has 12 aromatic rings. The third-order valence-corrected chi connectivity index (χ3v) is 13.5. The van der Waals surface area contributed by atoms with Gasteiger partial charge in [0, 0.05) is 50.4 Å². The van der Waals surface area contributed by atoms with Gasteiger partial charge in [0.2, 0.25) is 47.1 Å². The van der Waals surface area contributed by atoms with Crippen LogP contribution in [0.25, 0.3) is 103 Å². The second kappa shape index (κ2) is 21.3.